The number of allylic oxidation sites excluding steroid dienone is 2. The van der Waals surface area contributed by atoms with E-state index in [1.54, 1.807) is 0 Å². The molecule has 2 atom stereocenters. The van der Waals surface area contributed by atoms with Crippen LogP contribution in [0.15, 0.2) is 29.4 Å². The average Bonchev–Trinajstić information content (AvgIpc) is 3.63. The van der Waals surface area contributed by atoms with Crippen molar-refractivity contribution in [2.24, 2.45) is 0 Å². The molecule has 164 valence electrons. The first-order chi connectivity index (χ1) is 14.2. The molecular weight excluding hydrogens is 432 g/mol. The average molecular weight is 444 g/mol. The number of epoxide rings is 2. The zero-order chi connectivity index (χ0) is 21.8. The summed E-state index contributed by atoms with van der Waals surface area (Å²) in [6.07, 6.45) is -1.19. The number of ether oxygens (including phenoxy) is 4. The molecule has 0 N–H and O–H groups in total. The lowest BCUT2D eigenvalue weighted by molar-refractivity contribution is -0.215. The third kappa shape index (κ3) is 3.51. The predicted octanol–water partition coefficient (Wildman–Crippen LogP) is 4.17. The number of rotatable bonds is 7. The van der Waals surface area contributed by atoms with Crippen molar-refractivity contribution < 1.29 is 54.1 Å². The van der Waals surface area contributed by atoms with Gasteiger partial charge in [-0.2, -0.15) is 0 Å². The van der Waals surface area contributed by atoms with Crippen molar-refractivity contribution in [3.05, 3.63) is 58.2 Å². The molecule has 30 heavy (non-hydrogen) atoms. The molecule has 2 fully saturated rings. The highest BCUT2D eigenvalue weighted by atomic mass is 19.2. The highest BCUT2D eigenvalue weighted by molar-refractivity contribution is 5.45. The van der Waals surface area contributed by atoms with Gasteiger partial charge in [0.1, 0.15) is 12.2 Å². The minimum atomic E-state index is -3.30. The second-order valence-electron chi connectivity index (χ2n) is 6.80. The van der Waals surface area contributed by atoms with E-state index in [2.05, 4.69) is 0 Å². The van der Waals surface area contributed by atoms with Crippen molar-refractivity contribution in [3.8, 4) is 0 Å². The highest BCUT2D eigenvalue weighted by Crippen LogP contribution is 2.51. The van der Waals surface area contributed by atoms with Crippen LogP contribution in [0, 0.1) is 23.3 Å². The Morgan fingerprint density at radius 3 is 1.67 bits per heavy atom. The summed E-state index contributed by atoms with van der Waals surface area (Å²) in [5.41, 5.74) is -1.49. The summed E-state index contributed by atoms with van der Waals surface area (Å²) in [6.45, 7) is -0.672. The van der Waals surface area contributed by atoms with Gasteiger partial charge in [0.15, 0.2) is 46.6 Å². The maximum atomic E-state index is 15.0. The normalized spacial score (nSPS) is 30.9. The summed E-state index contributed by atoms with van der Waals surface area (Å²) in [7, 11) is 0. The molecule has 0 saturated carbocycles. The van der Waals surface area contributed by atoms with Gasteiger partial charge in [0, 0.05) is 5.56 Å². The minimum Gasteiger partial charge on any atom is -0.371 e. The SMILES string of the molecule is FC1=C(F)C(OCC2CO2)(OCC2CO2)C(F)=C(F)C1c1cc(F)c(F)c(F)c1F. The zero-order valence-corrected chi connectivity index (χ0v) is 14.8. The van der Waals surface area contributed by atoms with E-state index >= 15 is 0 Å². The van der Waals surface area contributed by atoms with E-state index in [4.69, 9.17) is 18.9 Å². The van der Waals surface area contributed by atoms with Crippen LogP contribution in [0.25, 0.3) is 0 Å². The molecule has 2 heterocycles. The van der Waals surface area contributed by atoms with E-state index in [0.717, 1.165) is 0 Å². The Bertz CT molecular complexity index is 895. The number of halogens is 8. The zero-order valence-electron chi connectivity index (χ0n) is 14.8. The van der Waals surface area contributed by atoms with Crippen molar-refractivity contribution >= 4 is 0 Å². The first-order valence-electron chi connectivity index (χ1n) is 8.62. The Labute approximate surface area is 163 Å². The van der Waals surface area contributed by atoms with Gasteiger partial charge in [0.2, 0.25) is 0 Å². The molecule has 2 unspecified atom stereocenters. The van der Waals surface area contributed by atoms with Crippen LogP contribution in [0.2, 0.25) is 0 Å². The molecule has 3 aliphatic rings. The lowest BCUT2D eigenvalue weighted by Crippen LogP contribution is -2.43. The molecule has 0 spiro atoms. The fourth-order valence-electron chi connectivity index (χ4n) is 2.89. The highest BCUT2D eigenvalue weighted by Gasteiger charge is 2.55. The molecule has 0 bridgehead atoms. The van der Waals surface area contributed by atoms with Gasteiger partial charge in [-0.25, -0.2) is 35.1 Å². The summed E-state index contributed by atoms with van der Waals surface area (Å²) in [6, 6.07) is -0.0943. The van der Waals surface area contributed by atoms with Crippen LogP contribution in [0.3, 0.4) is 0 Å². The lowest BCUT2D eigenvalue weighted by atomic mass is 9.88. The smallest absolute Gasteiger partial charge is 0.282 e. The lowest BCUT2D eigenvalue weighted by Gasteiger charge is -2.35. The van der Waals surface area contributed by atoms with Crippen LogP contribution in [-0.2, 0) is 18.9 Å². The third-order valence-corrected chi connectivity index (χ3v) is 4.70. The van der Waals surface area contributed by atoms with E-state index in [9.17, 15) is 35.1 Å². The Kier molecular flexibility index (Phi) is 5.37. The van der Waals surface area contributed by atoms with E-state index in [1.165, 1.54) is 0 Å². The van der Waals surface area contributed by atoms with Gasteiger partial charge in [0.25, 0.3) is 5.79 Å². The number of hydrogen-bond acceptors (Lipinski definition) is 4. The molecule has 1 aromatic carbocycles. The molecule has 4 nitrogen and oxygen atoms in total. The Morgan fingerprint density at radius 1 is 0.767 bits per heavy atom. The maximum Gasteiger partial charge on any atom is 0.282 e. The van der Waals surface area contributed by atoms with Gasteiger partial charge in [-0.05, 0) is 6.07 Å². The van der Waals surface area contributed by atoms with Crippen molar-refractivity contribution in [1.29, 1.82) is 0 Å². The van der Waals surface area contributed by atoms with Crippen molar-refractivity contribution in [3.63, 3.8) is 0 Å². The second kappa shape index (κ2) is 7.59. The number of benzene rings is 1. The van der Waals surface area contributed by atoms with Gasteiger partial charge in [0.05, 0.1) is 32.3 Å². The standard InChI is InChI=1S/C18H12F8O4/c19-9-1-8(11(20)15(24)12(9)21)10-13(22)16(25)18(17(26)14(10)23,29-4-6-2-27-6)30-5-7-3-28-7/h1,6-7,10H,2-5H2. The van der Waals surface area contributed by atoms with Crippen LogP contribution in [0.5, 0.6) is 0 Å². The van der Waals surface area contributed by atoms with Crippen LogP contribution >= 0.6 is 0 Å². The molecule has 0 radical (unpaired) electrons. The van der Waals surface area contributed by atoms with Crippen LogP contribution in [0.1, 0.15) is 11.5 Å². The molecular formula is C18H12F8O4. The van der Waals surface area contributed by atoms with Gasteiger partial charge >= 0.3 is 0 Å². The van der Waals surface area contributed by atoms with E-state index < -0.39 is 89.3 Å². The largest absolute Gasteiger partial charge is 0.371 e. The molecule has 2 saturated heterocycles. The maximum absolute atomic E-state index is 15.0. The molecule has 2 aliphatic heterocycles. The van der Waals surface area contributed by atoms with Gasteiger partial charge in [-0.3, -0.25) is 0 Å². The summed E-state index contributed by atoms with van der Waals surface area (Å²) >= 11 is 0. The van der Waals surface area contributed by atoms with E-state index in [1.807, 2.05) is 0 Å². The van der Waals surface area contributed by atoms with Gasteiger partial charge in [-0.15, -0.1) is 0 Å². The topological polar surface area (TPSA) is 43.5 Å². The fourth-order valence-corrected chi connectivity index (χ4v) is 2.89. The fraction of sp³-hybridized carbons (Fsp3) is 0.444. The third-order valence-electron chi connectivity index (χ3n) is 4.70. The number of hydrogen-bond donors (Lipinski definition) is 0. The van der Waals surface area contributed by atoms with Crippen LogP contribution in [0.4, 0.5) is 35.1 Å². The summed E-state index contributed by atoms with van der Waals surface area (Å²) in [5, 5.41) is 0. The molecule has 12 heteroatoms. The van der Waals surface area contributed by atoms with E-state index in [0.29, 0.717) is 0 Å². The first kappa shape index (κ1) is 21.2. The van der Waals surface area contributed by atoms with Crippen LogP contribution < -0.4 is 0 Å². The summed E-state index contributed by atoms with van der Waals surface area (Å²) < 4.78 is 133. The quantitative estimate of drug-likeness (QED) is 0.208. The summed E-state index contributed by atoms with van der Waals surface area (Å²) in [4.78, 5) is 0. The van der Waals surface area contributed by atoms with Crippen molar-refractivity contribution in [2.75, 3.05) is 26.4 Å². The van der Waals surface area contributed by atoms with Crippen LogP contribution in [-0.4, -0.2) is 44.4 Å². The molecule has 4 rings (SSSR count). The predicted molar refractivity (Wildman–Crippen MR) is 81.6 cm³/mol. The minimum absolute atomic E-state index is 0.0943. The Morgan fingerprint density at radius 2 is 1.23 bits per heavy atom. The molecule has 0 aromatic heterocycles. The van der Waals surface area contributed by atoms with Crippen molar-refractivity contribution in [1.82, 2.24) is 0 Å². The van der Waals surface area contributed by atoms with Gasteiger partial charge in [-0.1, -0.05) is 0 Å². The Hall–Kier alpha value is -2.02. The second-order valence-corrected chi connectivity index (χ2v) is 6.80. The Balaban J connectivity index is 1.78. The van der Waals surface area contributed by atoms with Gasteiger partial charge < -0.3 is 18.9 Å². The first-order valence-corrected chi connectivity index (χ1v) is 8.62. The summed E-state index contributed by atoms with van der Waals surface area (Å²) in [5.74, 6) is -23.6. The monoisotopic (exact) mass is 444 g/mol. The van der Waals surface area contributed by atoms with Crippen molar-refractivity contribution in [2.45, 2.75) is 23.9 Å². The molecule has 0 amide bonds. The van der Waals surface area contributed by atoms with E-state index in [-0.39, 0.29) is 19.3 Å². The molecule has 1 aromatic rings. The molecule has 1 aliphatic carbocycles.